The lowest BCUT2D eigenvalue weighted by Crippen LogP contribution is -2.21. The SMILES string of the molecule is O=C(COC(=O)c1cc2ccccc2cc1O)Nc1ccc(Cl)c(Cl)c1. The molecule has 3 aromatic rings. The number of phenolic OH excluding ortho intramolecular Hbond substituents is 1. The first-order valence-electron chi connectivity index (χ1n) is 7.58. The first kappa shape index (κ1) is 18.0. The van der Waals surface area contributed by atoms with E-state index in [-0.39, 0.29) is 11.3 Å². The quantitative estimate of drug-likeness (QED) is 0.636. The predicted molar refractivity (Wildman–Crippen MR) is 101 cm³/mol. The molecule has 26 heavy (non-hydrogen) atoms. The molecule has 0 unspecified atom stereocenters. The number of hydrogen-bond acceptors (Lipinski definition) is 4. The van der Waals surface area contributed by atoms with Crippen molar-refractivity contribution in [2.24, 2.45) is 0 Å². The maximum absolute atomic E-state index is 12.2. The fourth-order valence-corrected chi connectivity index (χ4v) is 2.67. The summed E-state index contributed by atoms with van der Waals surface area (Å²) >= 11 is 11.7. The Morgan fingerprint density at radius 1 is 0.962 bits per heavy atom. The highest BCUT2D eigenvalue weighted by Crippen LogP contribution is 2.26. The molecule has 132 valence electrons. The minimum Gasteiger partial charge on any atom is -0.507 e. The highest BCUT2D eigenvalue weighted by molar-refractivity contribution is 6.42. The largest absolute Gasteiger partial charge is 0.507 e. The Kier molecular flexibility index (Phi) is 5.30. The summed E-state index contributed by atoms with van der Waals surface area (Å²) in [6, 6.07) is 14.9. The molecule has 0 spiro atoms. The van der Waals surface area contributed by atoms with Gasteiger partial charge in [0.25, 0.3) is 5.91 Å². The summed E-state index contributed by atoms with van der Waals surface area (Å²) in [5, 5.41) is 14.8. The third-order valence-electron chi connectivity index (χ3n) is 3.62. The van der Waals surface area contributed by atoms with Crippen LogP contribution in [0.5, 0.6) is 5.75 Å². The van der Waals surface area contributed by atoms with Gasteiger partial charge < -0.3 is 15.2 Å². The molecule has 0 aromatic heterocycles. The molecule has 0 radical (unpaired) electrons. The van der Waals surface area contributed by atoms with Gasteiger partial charge in [0.05, 0.1) is 10.0 Å². The fourth-order valence-electron chi connectivity index (χ4n) is 2.37. The van der Waals surface area contributed by atoms with Crippen molar-refractivity contribution in [3.63, 3.8) is 0 Å². The minimum absolute atomic E-state index is 0.00830. The molecule has 1 amide bonds. The topological polar surface area (TPSA) is 75.6 Å². The van der Waals surface area contributed by atoms with Gasteiger partial charge in [-0.2, -0.15) is 0 Å². The van der Waals surface area contributed by atoms with E-state index in [4.69, 9.17) is 27.9 Å². The molecule has 5 nitrogen and oxygen atoms in total. The van der Waals surface area contributed by atoms with Crippen molar-refractivity contribution in [1.29, 1.82) is 0 Å². The van der Waals surface area contributed by atoms with Gasteiger partial charge in [-0.1, -0.05) is 47.5 Å². The first-order chi connectivity index (χ1) is 12.4. The highest BCUT2D eigenvalue weighted by Gasteiger charge is 2.16. The van der Waals surface area contributed by atoms with E-state index in [0.29, 0.717) is 15.7 Å². The van der Waals surface area contributed by atoms with Crippen molar-refractivity contribution in [2.75, 3.05) is 11.9 Å². The fraction of sp³-hybridized carbons (Fsp3) is 0.0526. The van der Waals surface area contributed by atoms with Crippen molar-refractivity contribution >= 4 is 51.5 Å². The van der Waals surface area contributed by atoms with Crippen LogP contribution in [0.25, 0.3) is 10.8 Å². The molecule has 3 aromatic carbocycles. The molecule has 0 aliphatic carbocycles. The Bertz CT molecular complexity index is 1000. The van der Waals surface area contributed by atoms with Crippen LogP contribution in [-0.4, -0.2) is 23.6 Å². The number of carbonyl (C=O) groups is 2. The Morgan fingerprint density at radius 2 is 1.65 bits per heavy atom. The van der Waals surface area contributed by atoms with Crippen molar-refractivity contribution in [1.82, 2.24) is 0 Å². The zero-order valence-electron chi connectivity index (χ0n) is 13.3. The van der Waals surface area contributed by atoms with Crippen molar-refractivity contribution in [3.8, 4) is 5.75 Å². The maximum Gasteiger partial charge on any atom is 0.342 e. The van der Waals surface area contributed by atoms with E-state index in [2.05, 4.69) is 5.32 Å². The molecule has 2 N–H and O–H groups in total. The number of anilines is 1. The molecule has 0 heterocycles. The molecule has 0 bridgehead atoms. The maximum atomic E-state index is 12.2. The van der Waals surface area contributed by atoms with E-state index < -0.39 is 18.5 Å². The number of aromatic hydroxyl groups is 1. The lowest BCUT2D eigenvalue weighted by molar-refractivity contribution is -0.119. The molecule has 0 aliphatic heterocycles. The van der Waals surface area contributed by atoms with E-state index >= 15 is 0 Å². The number of nitrogens with one attached hydrogen (secondary N) is 1. The molecule has 0 atom stereocenters. The molecule has 7 heteroatoms. The molecule has 0 aliphatic rings. The summed E-state index contributed by atoms with van der Waals surface area (Å²) in [6.07, 6.45) is 0. The molecule has 3 rings (SSSR count). The third kappa shape index (κ3) is 4.07. The number of hydrogen-bond donors (Lipinski definition) is 2. The van der Waals surface area contributed by atoms with E-state index in [1.165, 1.54) is 18.2 Å². The Hall–Kier alpha value is -2.76. The number of amides is 1. The van der Waals surface area contributed by atoms with Gasteiger partial charge in [0.1, 0.15) is 11.3 Å². The van der Waals surface area contributed by atoms with Crippen LogP contribution < -0.4 is 5.32 Å². The van der Waals surface area contributed by atoms with Crippen LogP contribution in [-0.2, 0) is 9.53 Å². The number of carbonyl (C=O) groups excluding carboxylic acids is 2. The Balaban J connectivity index is 1.65. The number of fused-ring (bicyclic) bond motifs is 1. The standard InChI is InChI=1S/C19H13Cl2NO4/c20-15-6-5-13(9-16(15)21)22-18(24)10-26-19(25)14-7-11-3-1-2-4-12(11)8-17(14)23/h1-9,23H,10H2,(H,22,24). The van der Waals surface area contributed by atoms with Crippen LogP contribution in [0, 0.1) is 0 Å². The number of benzene rings is 3. The molecular formula is C19H13Cl2NO4. The highest BCUT2D eigenvalue weighted by atomic mass is 35.5. The van der Waals surface area contributed by atoms with Crippen LogP contribution >= 0.6 is 23.2 Å². The Morgan fingerprint density at radius 3 is 2.35 bits per heavy atom. The van der Waals surface area contributed by atoms with Gasteiger partial charge in [-0.15, -0.1) is 0 Å². The second-order valence-electron chi connectivity index (χ2n) is 5.47. The Labute approximate surface area is 159 Å². The van der Waals surface area contributed by atoms with Crippen LogP contribution in [0.1, 0.15) is 10.4 Å². The first-order valence-corrected chi connectivity index (χ1v) is 8.33. The summed E-state index contributed by atoms with van der Waals surface area (Å²) in [4.78, 5) is 24.1. The van der Waals surface area contributed by atoms with Crippen LogP contribution in [0.3, 0.4) is 0 Å². The summed E-state index contributed by atoms with van der Waals surface area (Å²) in [5.74, 6) is -1.55. The normalized spacial score (nSPS) is 10.5. The van der Waals surface area contributed by atoms with Gasteiger partial charge >= 0.3 is 5.97 Å². The third-order valence-corrected chi connectivity index (χ3v) is 4.36. The number of phenols is 1. The van der Waals surface area contributed by atoms with Gasteiger partial charge in [-0.3, -0.25) is 4.79 Å². The number of ether oxygens (including phenoxy) is 1. The summed E-state index contributed by atoms with van der Waals surface area (Å²) < 4.78 is 4.98. The van der Waals surface area contributed by atoms with E-state index in [1.807, 2.05) is 24.3 Å². The zero-order chi connectivity index (χ0) is 18.7. The summed E-state index contributed by atoms with van der Waals surface area (Å²) in [6.45, 7) is -0.509. The van der Waals surface area contributed by atoms with Crippen LogP contribution in [0.15, 0.2) is 54.6 Å². The van der Waals surface area contributed by atoms with Crippen LogP contribution in [0.4, 0.5) is 5.69 Å². The predicted octanol–water partition coefficient (Wildman–Crippen LogP) is 4.65. The van der Waals surface area contributed by atoms with Gasteiger partial charge in [0.2, 0.25) is 0 Å². The molecular weight excluding hydrogens is 377 g/mol. The van der Waals surface area contributed by atoms with Crippen molar-refractivity contribution in [2.45, 2.75) is 0 Å². The lowest BCUT2D eigenvalue weighted by Gasteiger charge is -2.09. The molecule has 0 fully saturated rings. The average molecular weight is 390 g/mol. The van der Waals surface area contributed by atoms with E-state index in [1.54, 1.807) is 12.1 Å². The van der Waals surface area contributed by atoms with E-state index in [9.17, 15) is 14.7 Å². The molecule has 0 saturated carbocycles. The minimum atomic E-state index is -0.794. The van der Waals surface area contributed by atoms with Gasteiger partial charge in [0, 0.05) is 5.69 Å². The van der Waals surface area contributed by atoms with Crippen molar-refractivity contribution < 1.29 is 19.4 Å². The van der Waals surface area contributed by atoms with E-state index in [0.717, 1.165) is 10.8 Å². The smallest absolute Gasteiger partial charge is 0.342 e. The summed E-state index contributed by atoms with van der Waals surface area (Å²) in [7, 11) is 0. The van der Waals surface area contributed by atoms with Gasteiger partial charge in [-0.05, 0) is 41.1 Å². The second-order valence-corrected chi connectivity index (χ2v) is 6.28. The lowest BCUT2D eigenvalue weighted by atomic mass is 10.1. The average Bonchev–Trinajstić information content (AvgIpc) is 2.62. The molecule has 0 saturated heterocycles. The zero-order valence-corrected chi connectivity index (χ0v) is 14.8. The van der Waals surface area contributed by atoms with Gasteiger partial charge in [-0.25, -0.2) is 4.79 Å². The summed E-state index contributed by atoms with van der Waals surface area (Å²) in [5.41, 5.74) is 0.417. The second kappa shape index (κ2) is 7.64. The van der Waals surface area contributed by atoms with Gasteiger partial charge in [0.15, 0.2) is 6.61 Å². The number of rotatable bonds is 4. The van der Waals surface area contributed by atoms with Crippen molar-refractivity contribution in [3.05, 3.63) is 70.2 Å². The monoisotopic (exact) mass is 389 g/mol. The van der Waals surface area contributed by atoms with Crippen LogP contribution in [0.2, 0.25) is 10.0 Å². The number of esters is 1. The number of halogens is 2.